The first-order chi connectivity index (χ1) is 28.9. The van der Waals surface area contributed by atoms with E-state index in [0.717, 1.165) is 62.6 Å². The second kappa shape index (κ2) is 22.7. The highest BCUT2D eigenvalue weighted by Gasteiger charge is 2.39. The average molecular weight is 835 g/mol. The number of hydrogen-bond donors (Lipinski definition) is 3. The summed E-state index contributed by atoms with van der Waals surface area (Å²) >= 11 is 0. The van der Waals surface area contributed by atoms with Crippen LogP contribution in [0.25, 0.3) is 22.9 Å². The van der Waals surface area contributed by atoms with Crippen LogP contribution in [-0.2, 0) is 9.59 Å². The molecule has 2 aliphatic rings. The molecule has 0 radical (unpaired) electrons. The molecule has 7 heteroatoms. The van der Waals surface area contributed by atoms with Crippen molar-refractivity contribution in [1.82, 2.24) is 0 Å². The molecular formula is C55H70N4O3. The van der Waals surface area contributed by atoms with Gasteiger partial charge in [0, 0.05) is 33.6 Å². The first kappa shape index (κ1) is 52.1. The smallest absolute Gasteiger partial charge is 0.186 e. The van der Waals surface area contributed by atoms with Crippen LogP contribution in [0.2, 0.25) is 0 Å². The lowest BCUT2D eigenvalue weighted by Gasteiger charge is -2.37. The van der Waals surface area contributed by atoms with Crippen molar-refractivity contribution in [2.45, 2.75) is 96.4 Å². The van der Waals surface area contributed by atoms with Crippen LogP contribution in [-0.4, -0.2) is 16.7 Å². The van der Waals surface area contributed by atoms with Crippen LogP contribution in [0.3, 0.4) is 0 Å². The summed E-state index contributed by atoms with van der Waals surface area (Å²) in [5.74, 6) is 0.506. The fourth-order valence-corrected chi connectivity index (χ4v) is 6.83. The van der Waals surface area contributed by atoms with Crippen LogP contribution >= 0.6 is 0 Å². The third-order valence-corrected chi connectivity index (χ3v) is 10.4. The van der Waals surface area contributed by atoms with Gasteiger partial charge in [-0.15, -0.1) is 0 Å². The molecule has 3 N–H and O–H groups in total. The molecule has 1 atom stereocenters. The lowest BCUT2D eigenvalue weighted by molar-refractivity contribution is -0.123. The summed E-state index contributed by atoms with van der Waals surface area (Å²) in [4.78, 5) is 25.3. The Bertz CT molecular complexity index is 2270. The van der Waals surface area contributed by atoms with Crippen molar-refractivity contribution in [2.75, 3.05) is 0 Å². The van der Waals surface area contributed by atoms with Gasteiger partial charge in [0.05, 0.1) is 17.6 Å². The zero-order chi connectivity index (χ0) is 47.1. The predicted molar refractivity (Wildman–Crippen MR) is 263 cm³/mol. The first-order valence-corrected chi connectivity index (χ1v) is 21.1. The van der Waals surface area contributed by atoms with Gasteiger partial charge in [-0.25, -0.2) is 11.1 Å². The molecule has 3 aromatic rings. The van der Waals surface area contributed by atoms with Gasteiger partial charge < -0.3 is 5.11 Å². The minimum atomic E-state index is -0.144. The predicted octanol–water partition coefficient (Wildman–Crippen LogP) is 16.7. The Morgan fingerprint density at radius 1 is 0.661 bits per heavy atom. The molecule has 0 aliphatic heterocycles. The molecule has 328 valence electrons. The van der Waals surface area contributed by atoms with Crippen LogP contribution in [0, 0.1) is 38.6 Å². The number of Topliss-reactive ketones (excluding diaryl/α,β-unsaturated/α-hetero) is 2. The molecule has 0 saturated carbocycles. The third kappa shape index (κ3) is 14.8. The van der Waals surface area contributed by atoms with Crippen LogP contribution in [0.15, 0.2) is 167 Å². The Kier molecular flexibility index (Phi) is 19.0. The lowest BCUT2D eigenvalue weighted by atomic mass is 9.66. The number of carbonyl (C=O) groups excluding carboxylic acids is 2. The molecule has 0 saturated heterocycles. The number of aliphatic hydroxyl groups is 1. The van der Waals surface area contributed by atoms with Crippen molar-refractivity contribution in [3.05, 3.63) is 168 Å². The van der Waals surface area contributed by atoms with Gasteiger partial charge in [-0.3, -0.25) is 9.59 Å². The van der Waals surface area contributed by atoms with E-state index in [2.05, 4.69) is 113 Å². The van der Waals surface area contributed by atoms with E-state index in [1.54, 1.807) is 30.4 Å². The SMILES string of the molecule is C=Cc1cccc(N=N)c1C=C.CC(C)(C)C1=C/C(=C/C=C/C=C\O)CC(C(C)(C)C)C1=O.CC=C1C=C(C(C)(C)C)C(=O)C(C(C)(C)C)=C1.N=Nc1cccc2ccccc12. The monoisotopic (exact) mass is 835 g/mol. The molecule has 0 spiro atoms. The fourth-order valence-electron chi connectivity index (χ4n) is 6.83. The maximum atomic E-state index is 12.8. The van der Waals surface area contributed by atoms with Crippen LogP contribution < -0.4 is 0 Å². The van der Waals surface area contributed by atoms with Gasteiger partial charge in [0.15, 0.2) is 11.6 Å². The summed E-state index contributed by atoms with van der Waals surface area (Å²) in [6, 6.07) is 19.2. The molecular weight excluding hydrogens is 765 g/mol. The quantitative estimate of drug-likeness (QED) is 0.130. The Morgan fingerprint density at radius 2 is 1.19 bits per heavy atom. The number of carbonyl (C=O) groups is 2. The summed E-state index contributed by atoms with van der Waals surface area (Å²) in [5.41, 5.74) is 21.7. The number of rotatable bonds is 6. The standard InChI is InChI=1S/C19H28O2.C16H24O.C10H8N2.C10H10N2/c1-18(2,3)15-12-14(10-8-7-9-11-20)13-16(17(15)21)19(4,5)6;1-8-11-9-12(15(2,3)4)14(17)13(10-11)16(5,6)7;11-12-10-7-3-5-8-4-1-2-6-9(8)10;1-3-8-6-5-7-10(12-11)9(8)4-2/h7-12,16,20H,13H2,1-6H3;8-10H,1-7H3;1-7,11H;3-7,11H,1-2H2/b8-7+,11-9-,14-10-;;;. The zero-order valence-electron chi connectivity index (χ0n) is 39.5. The van der Waals surface area contributed by atoms with Gasteiger partial charge in [0.25, 0.3) is 0 Å². The Morgan fingerprint density at radius 3 is 1.68 bits per heavy atom. The van der Waals surface area contributed by atoms with Crippen molar-refractivity contribution < 1.29 is 14.7 Å². The zero-order valence-corrected chi connectivity index (χ0v) is 39.5. The molecule has 0 heterocycles. The second-order valence-corrected chi connectivity index (χ2v) is 19.4. The van der Waals surface area contributed by atoms with Gasteiger partial charge in [0.2, 0.25) is 0 Å². The summed E-state index contributed by atoms with van der Waals surface area (Å²) in [6.45, 7) is 34.5. The molecule has 0 amide bonds. The summed E-state index contributed by atoms with van der Waals surface area (Å²) in [6.07, 6.45) is 20.6. The number of aliphatic hydroxyl groups excluding tert-OH is 1. The molecule has 5 rings (SSSR count). The number of nitrogens with one attached hydrogen (secondary N) is 2. The average Bonchev–Trinajstić information content (AvgIpc) is 3.21. The highest BCUT2D eigenvalue weighted by molar-refractivity contribution is 6.11. The van der Waals surface area contributed by atoms with Gasteiger partial charge in [0.1, 0.15) is 0 Å². The van der Waals surface area contributed by atoms with Crippen molar-refractivity contribution in [2.24, 2.45) is 37.8 Å². The molecule has 3 aromatic carbocycles. The highest BCUT2D eigenvalue weighted by Crippen LogP contribution is 2.43. The van der Waals surface area contributed by atoms with E-state index in [1.807, 2.05) is 91.9 Å². The number of hydrogen-bond acceptors (Lipinski definition) is 7. The maximum absolute atomic E-state index is 12.8. The van der Waals surface area contributed by atoms with Crippen molar-refractivity contribution in [1.29, 1.82) is 11.1 Å². The summed E-state index contributed by atoms with van der Waals surface area (Å²) in [5, 5.41) is 17.6. The molecule has 0 fully saturated rings. The Labute approximate surface area is 372 Å². The molecule has 0 bridgehead atoms. The van der Waals surface area contributed by atoms with Gasteiger partial charge >= 0.3 is 0 Å². The van der Waals surface area contributed by atoms with Gasteiger partial charge in [-0.1, -0.05) is 187 Å². The summed E-state index contributed by atoms with van der Waals surface area (Å²) in [7, 11) is 0. The van der Waals surface area contributed by atoms with E-state index in [1.165, 1.54) is 5.57 Å². The van der Waals surface area contributed by atoms with Crippen molar-refractivity contribution in [3.8, 4) is 0 Å². The normalized spacial score (nSPS) is 16.5. The van der Waals surface area contributed by atoms with Crippen LogP contribution in [0.1, 0.15) is 108 Å². The molecule has 62 heavy (non-hydrogen) atoms. The topological polar surface area (TPSA) is 127 Å². The fraction of sp³-hybridized carbons (Fsp3) is 0.345. The van der Waals surface area contributed by atoms with Gasteiger partial charge in [-0.2, -0.15) is 10.2 Å². The van der Waals surface area contributed by atoms with E-state index in [-0.39, 0.29) is 39.1 Å². The lowest BCUT2D eigenvalue weighted by Crippen LogP contribution is -2.36. The number of fused-ring (bicyclic) bond motifs is 1. The molecule has 1 unspecified atom stereocenters. The van der Waals surface area contributed by atoms with Gasteiger partial charge in [-0.05, 0) is 87.5 Å². The van der Waals surface area contributed by atoms with Crippen molar-refractivity contribution >= 4 is 45.9 Å². The van der Waals surface area contributed by atoms with E-state index < -0.39 is 0 Å². The molecule has 7 nitrogen and oxygen atoms in total. The van der Waals surface area contributed by atoms with E-state index in [0.29, 0.717) is 5.69 Å². The first-order valence-electron chi connectivity index (χ1n) is 21.1. The van der Waals surface area contributed by atoms with Crippen LogP contribution in [0.5, 0.6) is 0 Å². The highest BCUT2D eigenvalue weighted by atomic mass is 16.2. The number of nitrogens with zero attached hydrogens (tertiary/aromatic N) is 2. The minimum absolute atomic E-state index is 0.0183. The third-order valence-electron chi connectivity index (χ3n) is 10.4. The number of ketones is 2. The number of allylic oxidation sites excluding steroid dienone is 13. The Balaban J connectivity index is 0.000000292. The summed E-state index contributed by atoms with van der Waals surface area (Å²) < 4.78 is 0. The minimum Gasteiger partial charge on any atom is -0.516 e. The molecule has 0 aromatic heterocycles. The Hall–Kier alpha value is -6.08. The van der Waals surface area contributed by atoms with E-state index >= 15 is 0 Å². The van der Waals surface area contributed by atoms with E-state index in [9.17, 15) is 9.59 Å². The van der Waals surface area contributed by atoms with E-state index in [4.69, 9.17) is 16.2 Å². The van der Waals surface area contributed by atoms with Crippen molar-refractivity contribution in [3.63, 3.8) is 0 Å². The second-order valence-electron chi connectivity index (χ2n) is 19.4. The maximum Gasteiger partial charge on any atom is 0.186 e. The van der Waals surface area contributed by atoms with Crippen LogP contribution in [0.4, 0.5) is 11.4 Å². The number of benzene rings is 3. The molecule has 2 aliphatic carbocycles. The largest absolute Gasteiger partial charge is 0.516 e.